The molecule has 2 aromatic carbocycles. The molecule has 0 aliphatic heterocycles. The molecule has 202 valence electrons. The third-order valence-corrected chi connectivity index (χ3v) is 6.53. The number of aromatic nitrogens is 3. The minimum absolute atomic E-state index is 0.101. The summed E-state index contributed by atoms with van der Waals surface area (Å²) in [5, 5.41) is 2.60. The lowest BCUT2D eigenvalue weighted by atomic mass is 9.98. The molecule has 0 fully saturated rings. The SMILES string of the molecule is COc1ccc2nccc(Oc3ccc(NC(=O)c4c(C)n(C)cc(-c5ccc(F)cc5C)c4=O)cc3F)c2n1. The van der Waals surface area contributed by atoms with Crippen LogP contribution in [0.2, 0.25) is 0 Å². The number of benzene rings is 2. The number of nitrogens with one attached hydrogen (secondary N) is 1. The number of carbonyl (C=O) groups excluding carboxylic acids is 1. The van der Waals surface area contributed by atoms with Crippen LogP contribution in [0.5, 0.6) is 17.4 Å². The molecule has 0 atom stereocenters. The van der Waals surface area contributed by atoms with Gasteiger partial charge in [0.05, 0.1) is 12.6 Å². The zero-order valence-electron chi connectivity index (χ0n) is 22.1. The number of nitrogens with zero attached hydrogens (tertiary/aromatic N) is 3. The molecule has 3 heterocycles. The number of rotatable bonds is 6. The molecule has 10 heteroatoms. The second-order valence-electron chi connectivity index (χ2n) is 9.13. The maximum absolute atomic E-state index is 15.1. The van der Waals surface area contributed by atoms with Crippen molar-refractivity contribution in [3.05, 3.63) is 106 Å². The first-order valence-corrected chi connectivity index (χ1v) is 12.2. The minimum atomic E-state index is -0.744. The van der Waals surface area contributed by atoms with Gasteiger partial charge in [-0.25, -0.2) is 13.8 Å². The summed E-state index contributed by atoms with van der Waals surface area (Å²) in [5.74, 6) is -1.35. The Kier molecular flexibility index (Phi) is 7.00. The van der Waals surface area contributed by atoms with E-state index in [2.05, 4.69) is 15.3 Å². The Morgan fingerprint density at radius 3 is 2.50 bits per heavy atom. The van der Waals surface area contributed by atoms with Gasteiger partial charge >= 0.3 is 0 Å². The molecule has 0 aliphatic carbocycles. The summed E-state index contributed by atoms with van der Waals surface area (Å²) in [6.07, 6.45) is 3.12. The summed E-state index contributed by atoms with van der Waals surface area (Å²) in [5.41, 5.74) is 2.17. The van der Waals surface area contributed by atoms with Crippen LogP contribution in [-0.2, 0) is 7.05 Å². The second kappa shape index (κ2) is 10.6. The largest absolute Gasteiger partial charge is 0.481 e. The Balaban J connectivity index is 1.44. The summed E-state index contributed by atoms with van der Waals surface area (Å²) >= 11 is 0. The van der Waals surface area contributed by atoms with Crippen LogP contribution in [0, 0.1) is 25.5 Å². The van der Waals surface area contributed by atoms with E-state index in [1.54, 1.807) is 49.9 Å². The smallest absolute Gasteiger partial charge is 0.261 e. The molecule has 40 heavy (non-hydrogen) atoms. The van der Waals surface area contributed by atoms with E-state index in [9.17, 15) is 14.0 Å². The summed E-state index contributed by atoms with van der Waals surface area (Å²) < 4.78 is 41.3. The number of carbonyl (C=O) groups is 1. The van der Waals surface area contributed by atoms with E-state index in [4.69, 9.17) is 9.47 Å². The Bertz CT molecular complexity index is 1850. The number of halogens is 2. The van der Waals surface area contributed by atoms with Gasteiger partial charge in [-0.15, -0.1) is 0 Å². The van der Waals surface area contributed by atoms with Crippen LogP contribution in [0.4, 0.5) is 14.5 Å². The van der Waals surface area contributed by atoms with E-state index >= 15 is 4.39 Å². The van der Waals surface area contributed by atoms with Crippen LogP contribution >= 0.6 is 0 Å². The number of fused-ring (bicyclic) bond motifs is 1. The zero-order chi connectivity index (χ0) is 28.6. The number of hydrogen-bond donors (Lipinski definition) is 1. The molecule has 8 nitrogen and oxygen atoms in total. The third kappa shape index (κ3) is 4.98. The van der Waals surface area contributed by atoms with Crippen molar-refractivity contribution in [2.45, 2.75) is 13.8 Å². The number of anilines is 1. The van der Waals surface area contributed by atoms with Gasteiger partial charge in [-0.3, -0.25) is 14.6 Å². The highest BCUT2D eigenvalue weighted by atomic mass is 19.1. The van der Waals surface area contributed by atoms with Crippen molar-refractivity contribution in [1.82, 2.24) is 14.5 Å². The molecule has 0 spiro atoms. The van der Waals surface area contributed by atoms with Gasteiger partial charge < -0.3 is 19.4 Å². The van der Waals surface area contributed by atoms with E-state index in [1.165, 1.54) is 43.6 Å². The van der Waals surface area contributed by atoms with Gasteiger partial charge in [-0.1, -0.05) is 6.07 Å². The molecule has 0 aliphatic rings. The number of amides is 1. The zero-order valence-corrected chi connectivity index (χ0v) is 22.1. The van der Waals surface area contributed by atoms with Crippen molar-refractivity contribution in [3.8, 4) is 28.5 Å². The average molecular weight is 543 g/mol. The van der Waals surface area contributed by atoms with Crippen molar-refractivity contribution >= 4 is 22.6 Å². The van der Waals surface area contributed by atoms with E-state index < -0.39 is 23.0 Å². The first-order chi connectivity index (χ1) is 19.2. The van der Waals surface area contributed by atoms with Gasteiger partial charge in [0, 0.05) is 54.6 Å². The molecule has 5 aromatic rings. The summed E-state index contributed by atoms with van der Waals surface area (Å²) in [6.45, 7) is 3.32. The fraction of sp³-hybridized carbons (Fsp3) is 0.133. The Labute approximate surface area is 227 Å². The third-order valence-electron chi connectivity index (χ3n) is 6.53. The number of methoxy groups -OCH3 is 1. The normalized spacial score (nSPS) is 10.9. The van der Waals surface area contributed by atoms with E-state index in [0.29, 0.717) is 33.7 Å². The molecular formula is C30H24F2N4O4. The van der Waals surface area contributed by atoms with E-state index in [-0.39, 0.29) is 28.3 Å². The predicted molar refractivity (Wildman–Crippen MR) is 147 cm³/mol. The quantitative estimate of drug-likeness (QED) is 0.285. The fourth-order valence-electron chi connectivity index (χ4n) is 4.37. The highest BCUT2D eigenvalue weighted by molar-refractivity contribution is 6.05. The van der Waals surface area contributed by atoms with E-state index in [0.717, 1.165) is 6.07 Å². The van der Waals surface area contributed by atoms with Crippen LogP contribution in [0.1, 0.15) is 21.6 Å². The highest BCUT2D eigenvalue weighted by Gasteiger charge is 2.21. The lowest BCUT2D eigenvalue weighted by Gasteiger charge is -2.15. The Hall–Kier alpha value is -5.12. The fourth-order valence-corrected chi connectivity index (χ4v) is 4.37. The van der Waals surface area contributed by atoms with Crippen molar-refractivity contribution in [1.29, 1.82) is 0 Å². The van der Waals surface area contributed by atoms with Crippen molar-refractivity contribution in [2.75, 3.05) is 12.4 Å². The standard InChI is InChI=1S/C30H24F2N4O4/c1-16-13-18(31)5-7-20(16)21-15-36(3)17(2)27(29(21)37)30(38)34-19-6-9-24(22(32)14-19)40-25-11-12-33-23-8-10-26(39-4)35-28(23)25/h5-15H,1-4H3,(H,34,38). The highest BCUT2D eigenvalue weighted by Crippen LogP contribution is 2.31. The van der Waals surface area contributed by atoms with Crippen LogP contribution in [0.3, 0.4) is 0 Å². The van der Waals surface area contributed by atoms with Gasteiger partial charge in [0.25, 0.3) is 5.91 Å². The molecule has 0 unspecified atom stereocenters. The predicted octanol–water partition coefficient (Wildman–Crippen LogP) is 5.94. The van der Waals surface area contributed by atoms with Gasteiger partial charge in [0.1, 0.15) is 16.9 Å². The summed E-state index contributed by atoms with van der Waals surface area (Å²) in [7, 11) is 3.18. The molecule has 0 bridgehead atoms. The molecule has 1 amide bonds. The maximum Gasteiger partial charge on any atom is 0.261 e. The molecular weight excluding hydrogens is 518 g/mol. The monoisotopic (exact) mass is 542 g/mol. The Morgan fingerprint density at radius 1 is 0.975 bits per heavy atom. The maximum atomic E-state index is 15.1. The van der Waals surface area contributed by atoms with Crippen LogP contribution in [0.25, 0.3) is 22.2 Å². The average Bonchev–Trinajstić information content (AvgIpc) is 2.92. The molecule has 0 saturated heterocycles. The topological polar surface area (TPSA) is 95.3 Å². The van der Waals surface area contributed by atoms with Crippen LogP contribution in [0.15, 0.2) is 71.8 Å². The van der Waals surface area contributed by atoms with Crippen LogP contribution in [-0.4, -0.2) is 27.6 Å². The van der Waals surface area contributed by atoms with Gasteiger partial charge in [0.15, 0.2) is 17.3 Å². The molecule has 0 saturated carbocycles. The van der Waals surface area contributed by atoms with Crippen molar-refractivity contribution in [3.63, 3.8) is 0 Å². The van der Waals surface area contributed by atoms with Crippen molar-refractivity contribution < 1.29 is 23.0 Å². The van der Waals surface area contributed by atoms with E-state index in [1.807, 2.05) is 0 Å². The lowest BCUT2D eigenvalue weighted by Crippen LogP contribution is -2.27. The number of aryl methyl sites for hydroxylation is 2. The summed E-state index contributed by atoms with van der Waals surface area (Å²) in [6, 6.07) is 12.9. The molecule has 5 rings (SSSR count). The summed E-state index contributed by atoms with van der Waals surface area (Å²) in [4.78, 5) is 35.2. The minimum Gasteiger partial charge on any atom is -0.481 e. The van der Waals surface area contributed by atoms with Gasteiger partial charge in [0.2, 0.25) is 11.3 Å². The number of ether oxygens (including phenoxy) is 2. The number of hydrogen-bond acceptors (Lipinski definition) is 6. The van der Waals surface area contributed by atoms with Crippen molar-refractivity contribution in [2.24, 2.45) is 7.05 Å². The molecule has 0 radical (unpaired) electrons. The Morgan fingerprint density at radius 2 is 1.77 bits per heavy atom. The first-order valence-electron chi connectivity index (χ1n) is 12.2. The molecule has 1 N–H and O–H groups in total. The number of pyridine rings is 3. The lowest BCUT2D eigenvalue weighted by molar-refractivity contribution is 0.102. The van der Waals surface area contributed by atoms with Gasteiger partial charge in [-0.05, 0) is 55.3 Å². The van der Waals surface area contributed by atoms with Crippen LogP contribution < -0.4 is 20.2 Å². The first kappa shape index (κ1) is 26.5. The molecule has 3 aromatic heterocycles. The van der Waals surface area contributed by atoms with Gasteiger partial charge in [-0.2, -0.15) is 0 Å². The second-order valence-corrected chi connectivity index (χ2v) is 9.13.